The number of rotatable bonds is 4. The number of hydrogen-bond acceptors (Lipinski definition) is 4. The van der Waals surface area contributed by atoms with Gasteiger partial charge in [-0.05, 0) is 43.9 Å². The van der Waals surface area contributed by atoms with Gasteiger partial charge in [-0.1, -0.05) is 29.6 Å². The van der Waals surface area contributed by atoms with Crippen molar-refractivity contribution in [2.45, 2.75) is 37.7 Å². The van der Waals surface area contributed by atoms with E-state index in [2.05, 4.69) is 5.32 Å². The summed E-state index contributed by atoms with van der Waals surface area (Å²) >= 11 is 11.7. The van der Waals surface area contributed by atoms with Crippen LogP contribution in [0.3, 0.4) is 0 Å². The summed E-state index contributed by atoms with van der Waals surface area (Å²) in [6.07, 6.45) is 3.27. The zero-order valence-electron chi connectivity index (χ0n) is 11.9. The summed E-state index contributed by atoms with van der Waals surface area (Å²) in [4.78, 5) is 23.7. The highest BCUT2D eigenvalue weighted by Crippen LogP contribution is 2.29. The van der Waals surface area contributed by atoms with Crippen LogP contribution in [0, 0.1) is 0 Å². The second-order valence-corrected chi connectivity index (χ2v) is 6.18. The van der Waals surface area contributed by atoms with Crippen LogP contribution in [-0.4, -0.2) is 29.2 Å². The molecule has 0 aromatic heterocycles. The molecule has 1 aromatic carbocycles. The number of benzene rings is 1. The average molecular weight is 346 g/mol. The molecule has 0 spiro atoms. The van der Waals surface area contributed by atoms with Crippen molar-refractivity contribution in [3.05, 3.63) is 28.2 Å². The van der Waals surface area contributed by atoms with E-state index in [1.807, 2.05) is 0 Å². The molecule has 0 unspecified atom stereocenters. The van der Waals surface area contributed by atoms with Crippen molar-refractivity contribution in [2.24, 2.45) is 0 Å². The predicted molar refractivity (Wildman–Crippen MR) is 84.1 cm³/mol. The molecule has 1 aromatic rings. The molecular formula is C15H17Cl2NO4. The van der Waals surface area contributed by atoms with Crippen LogP contribution >= 0.6 is 23.2 Å². The van der Waals surface area contributed by atoms with Gasteiger partial charge in [-0.15, -0.1) is 0 Å². The fourth-order valence-electron chi connectivity index (χ4n) is 2.39. The van der Waals surface area contributed by atoms with Gasteiger partial charge >= 0.3 is 5.97 Å². The van der Waals surface area contributed by atoms with Crippen molar-refractivity contribution >= 4 is 40.8 Å². The lowest BCUT2D eigenvalue weighted by Gasteiger charge is -2.29. The lowest BCUT2D eigenvalue weighted by molar-refractivity contribution is -0.170. The van der Waals surface area contributed by atoms with Gasteiger partial charge in [-0.25, -0.2) is 4.79 Å². The fourth-order valence-corrected chi connectivity index (χ4v) is 2.72. The lowest BCUT2D eigenvalue weighted by atomic mass is 9.85. The monoisotopic (exact) mass is 345 g/mol. The maximum absolute atomic E-state index is 11.9. The molecule has 5 nitrogen and oxygen atoms in total. The number of carbonyl (C=O) groups excluding carboxylic acids is 2. The third kappa shape index (κ3) is 4.35. The number of hydrogen-bond donors (Lipinski definition) is 2. The second kappa shape index (κ2) is 7.31. The first-order valence-electron chi connectivity index (χ1n) is 7.05. The van der Waals surface area contributed by atoms with E-state index in [0.717, 1.165) is 19.3 Å². The largest absolute Gasteiger partial charge is 0.453 e. The Bertz CT molecular complexity index is 571. The van der Waals surface area contributed by atoms with E-state index >= 15 is 0 Å². The fraction of sp³-hybridized carbons (Fsp3) is 0.467. The zero-order valence-corrected chi connectivity index (χ0v) is 13.4. The molecule has 0 bridgehead atoms. The van der Waals surface area contributed by atoms with Crippen molar-refractivity contribution in [3.8, 4) is 0 Å². The van der Waals surface area contributed by atoms with Crippen LogP contribution in [0.1, 0.15) is 32.1 Å². The summed E-state index contributed by atoms with van der Waals surface area (Å²) in [5.74, 6) is -1.29. The molecule has 120 valence electrons. The Morgan fingerprint density at radius 1 is 1.23 bits per heavy atom. The van der Waals surface area contributed by atoms with Crippen molar-refractivity contribution in [1.82, 2.24) is 0 Å². The van der Waals surface area contributed by atoms with Crippen LogP contribution in [0.25, 0.3) is 0 Å². The molecule has 2 N–H and O–H groups in total. The third-order valence-corrected chi connectivity index (χ3v) is 4.16. The molecule has 1 amide bonds. The summed E-state index contributed by atoms with van der Waals surface area (Å²) in [6.45, 7) is -0.482. The van der Waals surface area contributed by atoms with Crippen LogP contribution < -0.4 is 5.32 Å². The van der Waals surface area contributed by atoms with Gasteiger partial charge in [-0.2, -0.15) is 0 Å². The normalized spacial score (nSPS) is 16.9. The Kier molecular flexibility index (Phi) is 5.67. The smallest absolute Gasteiger partial charge is 0.338 e. The van der Waals surface area contributed by atoms with Crippen molar-refractivity contribution in [3.63, 3.8) is 0 Å². The molecule has 2 rings (SSSR count). The first-order chi connectivity index (χ1) is 10.4. The molecule has 1 aliphatic carbocycles. The minimum atomic E-state index is -1.47. The zero-order chi connectivity index (χ0) is 16.2. The Balaban J connectivity index is 1.87. The maximum Gasteiger partial charge on any atom is 0.338 e. The van der Waals surface area contributed by atoms with Gasteiger partial charge in [-0.3, -0.25) is 4.79 Å². The molecule has 0 aliphatic heterocycles. The van der Waals surface area contributed by atoms with Crippen molar-refractivity contribution in [1.29, 1.82) is 0 Å². The number of amides is 1. The topological polar surface area (TPSA) is 75.6 Å². The second-order valence-electron chi connectivity index (χ2n) is 5.34. The van der Waals surface area contributed by atoms with E-state index < -0.39 is 24.1 Å². The first-order valence-corrected chi connectivity index (χ1v) is 7.81. The molecule has 0 heterocycles. The molecule has 1 aliphatic rings. The van der Waals surface area contributed by atoms with E-state index in [0.29, 0.717) is 28.6 Å². The Labute approximate surface area is 138 Å². The quantitative estimate of drug-likeness (QED) is 0.821. The summed E-state index contributed by atoms with van der Waals surface area (Å²) in [6, 6.07) is 4.65. The molecule has 0 saturated heterocycles. The number of halogens is 2. The van der Waals surface area contributed by atoms with Crippen molar-refractivity contribution in [2.75, 3.05) is 11.9 Å². The maximum atomic E-state index is 11.9. The van der Waals surface area contributed by atoms with Gasteiger partial charge in [0.15, 0.2) is 12.2 Å². The number of anilines is 1. The number of esters is 1. The number of nitrogens with one attached hydrogen (secondary N) is 1. The van der Waals surface area contributed by atoms with E-state index in [9.17, 15) is 14.7 Å². The van der Waals surface area contributed by atoms with Crippen LogP contribution in [0.5, 0.6) is 0 Å². The summed E-state index contributed by atoms with van der Waals surface area (Å²) in [5.41, 5.74) is -1.13. The number of aliphatic hydroxyl groups is 1. The Hall–Kier alpha value is -1.30. The van der Waals surface area contributed by atoms with Gasteiger partial charge < -0.3 is 15.2 Å². The van der Waals surface area contributed by atoms with E-state index in [4.69, 9.17) is 27.9 Å². The SMILES string of the molecule is O=C(COC(=O)C1(O)CCCCC1)Nc1cc(Cl)ccc1Cl. The van der Waals surface area contributed by atoms with Gasteiger partial charge in [0.2, 0.25) is 0 Å². The summed E-state index contributed by atoms with van der Waals surface area (Å²) in [7, 11) is 0. The minimum absolute atomic E-state index is 0.329. The van der Waals surface area contributed by atoms with Gasteiger partial charge in [0.25, 0.3) is 5.91 Å². The molecule has 0 atom stereocenters. The summed E-state index contributed by atoms with van der Waals surface area (Å²) < 4.78 is 4.91. The highest BCUT2D eigenvalue weighted by Gasteiger charge is 2.38. The standard InChI is InChI=1S/C15H17Cl2NO4/c16-10-4-5-11(17)12(8-10)18-13(19)9-22-14(20)15(21)6-2-1-3-7-15/h4-5,8,21H,1-3,6-7,9H2,(H,18,19). The van der Waals surface area contributed by atoms with Crippen LogP contribution in [0.2, 0.25) is 10.0 Å². The molecule has 22 heavy (non-hydrogen) atoms. The third-order valence-electron chi connectivity index (χ3n) is 3.60. The molecular weight excluding hydrogens is 329 g/mol. The van der Waals surface area contributed by atoms with Gasteiger partial charge in [0.05, 0.1) is 10.7 Å². The van der Waals surface area contributed by atoms with Gasteiger partial charge in [0, 0.05) is 5.02 Å². The van der Waals surface area contributed by atoms with Crippen LogP contribution in [0.15, 0.2) is 18.2 Å². The van der Waals surface area contributed by atoms with Crippen molar-refractivity contribution < 1.29 is 19.4 Å². The van der Waals surface area contributed by atoms with E-state index in [-0.39, 0.29) is 0 Å². The average Bonchev–Trinajstić information content (AvgIpc) is 2.49. The predicted octanol–water partition coefficient (Wildman–Crippen LogP) is 3.17. The lowest BCUT2D eigenvalue weighted by Crippen LogP contribution is -2.42. The van der Waals surface area contributed by atoms with Crippen LogP contribution in [0.4, 0.5) is 5.69 Å². The number of ether oxygens (including phenoxy) is 1. The Morgan fingerprint density at radius 3 is 2.59 bits per heavy atom. The van der Waals surface area contributed by atoms with Crippen LogP contribution in [-0.2, 0) is 14.3 Å². The Morgan fingerprint density at radius 2 is 1.91 bits per heavy atom. The highest BCUT2D eigenvalue weighted by molar-refractivity contribution is 6.35. The van der Waals surface area contributed by atoms with E-state index in [1.54, 1.807) is 12.1 Å². The molecule has 7 heteroatoms. The molecule has 0 radical (unpaired) electrons. The van der Waals surface area contributed by atoms with Gasteiger partial charge in [0.1, 0.15) is 0 Å². The molecule has 1 saturated carbocycles. The highest BCUT2D eigenvalue weighted by atomic mass is 35.5. The minimum Gasteiger partial charge on any atom is -0.453 e. The first kappa shape index (κ1) is 17.1. The number of carbonyl (C=O) groups is 2. The van der Waals surface area contributed by atoms with E-state index in [1.165, 1.54) is 6.07 Å². The molecule has 1 fully saturated rings. The summed E-state index contributed by atoms with van der Waals surface area (Å²) in [5, 5.41) is 13.4.